The normalized spacial score (nSPS) is 11.9. The minimum atomic E-state index is 0.678. The van der Waals surface area contributed by atoms with E-state index in [4.69, 9.17) is 9.40 Å². The molecule has 0 saturated heterocycles. The predicted octanol–water partition coefficient (Wildman–Crippen LogP) is 10.9. The first-order valence-electron chi connectivity index (χ1n) is 14.0. The van der Waals surface area contributed by atoms with Crippen LogP contribution in [-0.2, 0) is 0 Å². The van der Waals surface area contributed by atoms with Gasteiger partial charge in [-0.2, -0.15) is 0 Å². The van der Waals surface area contributed by atoms with Crippen molar-refractivity contribution in [3.8, 4) is 22.3 Å². The highest BCUT2D eigenvalue weighted by molar-refractivity contribution is 6.22. The molecule has 0 radical (unpaired) electrons. The van der Waals surface area contributed by atoms with Crippen molar-refractivity contribution in [2.45, 2.75) is 0 Å². The average Bonchev–Trinajstić information content (AvgIpc) is 3.38. The lowest BCUT2D eigenvalue weighted by Gasteiger charge is -2.18. The predicted molar refractivity (Wildman–Crippen MR) is 172 cm³/mol. The number of hydrogen-bond donors (Lipinski definition) is 0. The standard InChI is InChI=1S/C39H23NO/c1-2-10-25-21-27(18-17-24(25)9-1)37-29-12-4-6-14-31(29)38(32-15-7-5-13-30(32)37)28-19-20-36-33(23-28)34-22-26-11-3-8-16-35(26)40-39(34)41-36/h1-23H. The monoisotopic (exact) mass is 521 g/mol. The van der Waals surface area contributed by atoms with Gasteiger partial charge in [0, 0.05) is 16.2 Å². The van der Waals surface area contributed by atoms with E-state index in [0.29, 0.717) is 5.71 Å². The number of nitrogens with zero attached hydrogens (tertiary/aromatic N) is 1. The molecule has 0 bridgehead atoms. The molecule has 0 spiro atoms. The van der Waals surface area contributed by atoms with E-state index in [-0.39, 0.29) is 0 Å². The Hall–Kier alpha value is -5.47. The van der Waals surface area contributed by atoms with E-state index in [1.54, 1.807) is 0 Å². The van der Waals surface area contributed by atoms with Gasteiger partial charge in [-0.1, -0.05) is 109 Å². The molecule has 2 aromatic heterocycles. The molecular weight excluding hydrogens is 498 g/mol. The van der Waals surface area contributed by atoms with Gasteiger partial charge in [0.2, 0.25) is 5.71 Å². The summed E-state index contributed by atoms with van der Waals surface area (Å²) in [6.45, 7) is 0. The van der Waals surface area contributed by atoms with Gasteiger partial charge in [-0.15, -0.1) is 0 Å². The van der Waals surface area contributed by atoms with E-state index in [1.807, 2.05) is 12.1 Å². The van der Waals surface area contributed by atoms with Crippen LogP contribution in [0.4, 0.5) is 0 Å². The minimum Gasteiger partial charge on any atom is -0.438 e. The van der Waals surface area contributed by atoms with Crippen molar-refractivity contribution < 1.29 is 4.42 Å². The fourth-order valence-electron chi connectivity index (χ4n) is 6.55. The summed E-state index contributed by atoms with van der Waals surface area (Å²) in [7, 11) is 0. The SMILES string of the molecule is c1ccc2cc(-c3c4ccccc4c(-c4ccc5oc6nc7ccccc7cc6c5c4)c4ccccc34)ccc2c1. The molecule has 0 atom stereocenters. The molecule has 9 aromatic rings. The number of pyridine rings is 1. The maximum absolute atomic E-state index is 6.23. The van der Waals surface area contributed by atoms with Gasteiger partial charge in [0.15, 0.2) is 0 Å². The maximum atomic E-state index is 6.23. The molecule has 41 heavy (non-hydrogen) atoms. The largest absolute Gasteiger partial charge is 0.438 e. The van der Waals surface area contributed by atoms with Gasteiger partial charge >= 0.3 is 0 Å². The quantitative estimate of drug-likeness (QED) is 0.211. The number of rotatable bonds is 2. The Kier molecular flexibility index (Phi) is 4.64. The van der Waals surface area contributed by atoms with E-state index in [2.05, 4.69) is 127 Å². The summed E-state index contributed by atoms with van der Waals surface area (Å²) < 4.78 is 6.23. The number of furan rings is 1. The summed E-state index contributed by atoms with van der Waals surface area (Å²) in [5.74, 6) is 0. The number of fused-ring (bicyclic) bond motifs is 7. The Morgan fingerprint density at radius 2 is 0.951 bits per heavy atom. The molecular formula is C39H23NO. The summed E-state index contributed by atoms with van der Waals surface area (Å²) in [6.07, 6.45) is 0. The first-order chi connectivity index (χ1) is 20.3. The second kappa shape index (κ2) is 8.51. The molecule has 9 rings (SSSR count). The highest BCUT2D eigenvalue weighted by atomic mass is 16.3. The lowest BCUT2D eigenvalue weighted by molar-refractivity contribution is 0.656. The van der Waals surface area contributed by atoms with Crippen LogP contribution in [-0.4, -0.2) is 4.98 Å². The highest BCUT2D eigenvalue weighted by Gasteiger charge is 2.18. The first kappa shape index (κ1) is 22.4. The molecule has 190 valence electrons. The summed E-state index contributed by atoms with van der Waals surface area (Å²) >= 11 is 0. The average molecular weight is 522 g/mol. The topological polar surface area (TPSA) is 26.0 Å². The van der Waals surface area contributed by atoms with E-state index >= 15 is 0 Å². The molecule has 0 aliphatic heterocycles. The smallest absolute Gasteiger partial charge is 0.227 e. The van der Waals surface area contributed by atoms with Crippen molar-refractivity contribution in [2.75, 3.05) is 0 Å². The summed E-state index contributed by atoms with van der Waals surface area (Å²) in [4.78, 5) is 4.82. The van der Waals surface area contributed by atoms with Gasteiger partial charge in [0.05, 0.1) is 5.52 Å². The van der Waals surface area contributed by atoms with Crippen LogP contribution < -0.4 is 0 Å². The van der Waals surface area contributed by atoms with Crippen molar-refractivity contribution in [3.05, 3.63) is 140 Å². The molecule has 0 aliphatic rings. The van der Waals surface area contributed by atoms with Gasteiger partial charge < -0.3 is 4.42 Å². The molecule has 0 N–H and O–H groups in total. The van der Waals surface area contributed by atoms with E-state index in [9.17, 15) is 0 Å². The van der Waals surface area contributed by atoms with Crippen LogP contribution in [0.5, 0.6) is 0 Å². The van der Waals surface area contributed by atoms with Gasteiger partial charge in [0.25, 0.3) is 0 Å². The van der Waals surface area contributed by atoms with E-state index < -0.39 is 0 Å². The molecule has 2 heterocycles. The zero-order valence-electron chi connectivity index (χ0n) is 22.1. The Labute approximate surface area is 236 Å². The van der Waals surface area contributed by atoms with Crippen molar-refractivity contribution in [1.82, 2.24) is 4.98 Å². The van der Waals surface area contributed by atoms with Gasteiger partial charge in [-0.25, -0.2) is 4.98 Å². The summed E-state index contributed by atoms with van der Waals surface area (Å²) in [6, 6.07) is 50.0. The number of para-hydroxylation sites is 1. The van der Waals surface area contributed by atoms with E-state index in [0.717, 1.165) is 27.3 Å². The molecule has 0 unspecified atom stereocenters. The van der Waals surface area contributed by atoms with Crippen molar-refractivity contribution >= 4 is 65.3 Å². The van der Waals surface area contributed by atoms with Crippen molar-refractivity contribution in [1.29, 1.82) is 0 Å². The molecule has 0 saturated carbocycles. The van der Waals surface area contributed by atoms with Crippen molar-refractivity contribution in [2.24, 2.45) is 0 Å². The Bertz CT molecular complexity index is 2430. The Morgan fingerprint density at radius 1 is 0.390 bits per heavy atom. The zero-order valence-corrected chi connectivity index (χ0v) is 22.1. The molecule has 0 fully saturated rings. The van der Waals surface area contributed by atoms with Crippen LogP contribution >= 0.6 is 0 Å². The summed E-state index contributed by atoms with van der Waals surface area (Å²) in [5, 5.41) is 10.7. The Morgan fingerprint density at radius 3 is 1.66 bits per heavy atom. The lowest BCUT2D eigenvalue weighted by Crippen LogP contribution is -1.91. The van der Waals surface area contributed by atoms with Crippen LogP contribution in [0.15, 0.2) is 144 Å². The Balaban J connectivity index is 1.36. The third kappa shape index (κ3) is 3.34. The minimum absolute atomic E-state index is 0.678. The van der Waals surface area contributed by atoms with Gasteiger partial charge in [-0.3, -0.25) is 0 Å². The third-order valence-electron chi connectivity index (χ3n) is 8.42. The number of aromatic nitrogens is 1. The van der Waals surface area contributed by atoms with Gasteiger partial charge in [-0.05, 0) is 84.9 Å². The van der Waals surface area contributed by atoms with Crippen molar-refractivity contribution in [3.63, 3.8) is 0 Å². The second-order valence-electron chi connectivity index (χ2n) is 10.7. The van der Waals surface area contributed by atoms with Crippen LogP contribution in [0.3, 0.4) is 0 Å². The van der Waals surface area contributed by atoms with E-state index in [1.165, 1.54) is 54.6 Å². The molecule has 0 aliphatic carbocycles. The van der Waals surface area contributed by atoms with Crippen LogP contribution in [0.1, 0.15) is 0 Å². The zero-order chi connectivity index (χ0) is 26.9. The molecule has 2 heteroatoms. The number of hydrogen-bond acceptors (Lipinski definition) is 2. The third-order valence-corrected chi connectivity index (χ3v) is 8.42. The first-order valence-corrected chi connectivity index (χ1v) is 14.0. The highest BCUT2D eigenvalue weighted by Crippen LogP contribution is 2.45. The molecule has 7 aromatic carbocycles. The van der Waals surface area contributed by atoms with Crippen LogP contribution in [0.25, 0.3) is 87.5 Å². The molecule has 0 amide bonds. The number of benzene rings is 7. The lowest BCUT2D eigenvalue weighted by atomic mass is 9.85. The maximum Gasteiger partial charge on any atom is 0.227 e. The fraction of sp³-hybridized carbons (Fsp3) is 0. The summed E-state index contributed by atoms with van der Waals surface area (Å²) in [5.41, 5.74) is 7.40. The second-order valence-corrected chi connectivity index (χ2v) is 10.7. The molecule has 2 nitrogen and oxygen atoms in total. The van der Waals surface area contributed by atoms with Gasteiger partial charge in [0.1, 0.15) is 5.58 Å². The van der Waals surface area contributed by atoms with Crippen LogP contribution in [0, 0.1) is 0 Å². The van der Waals surface area contributed by atoms with Crippen LogP contribution in [0.2, 0.25) is 0 Å². The fourth-order valence-corrected chi connectivity index (χ4v) is 6.55.